The average molecular weight is 225 g/mol. The zero-order valence-corrected chi connectivity index (χ0v) is 10.1. The van der Waals surface area contributed by atoms with Crippen molar-refractivity contribution in [2.75, 3.05) is 19.7 Å². The number of nitrogens with zero attached hydrogens (tertiary/aromatic N) is 1. The lowest BCUT2D eigenvalue weighted by Crippen LogP contribution is -2.32. The number of hydrogen-bond acceptors (Lipinski definition) is 2. The molecule has 2 atom stereocenters. The van der Waals surface area contributed by atoms with Gasteiger partial charge in [0.05, 0.1) is 6.10 Å². The van der Waals surface area contributed by atoms with Gasteiger partial charge in [0.1, 0.15) is 0 Å². The summed E-state index contributed by atoms with van der Waals surface area (Å²) in [5.41, 5.74) is 5.67. The van der Waals surface area contributed by atoms with Gasteiger partial charge in [-0.25, -0.2) is 0 Å². The van der Waals surface area contributed by atoms with E-state index in [1.54, 1.807) is 6.08 Å². The first-order chi connectivity index (χ1) is 7.72. The maximum absolute atomic E-state index is 5.67. The normalized spacial score (nSPS) is 26.4. The maximum Gasteiger partial charge on any atom is 0.188 e. The molecule has 1 heterocycles. The van der Waals surface area contributed by atoms with Crippen LogP contribution in [0, 0.1) is 5.92 Å². The summed E-state index contributed by atoms with van der Waals surface area (Å²) in [4.78, 5) is 4.28. The number of ether oxygens (including phenoxy) is 1. The fourth-order valence-corrected chi connectivity index (χ4v) is 1.95. The van der Waals surface area contributed by atoms with Crippen LogP contribution in [0.25, 0.3) is 0 Å². The summed E-state index contributed by atoms with van der Waals surface area (Å²) in [6.45, 7) is 8.10. The van der Waals surface area contributed by atoms with Crippen molar-refractivity contribution >= 4 is 5.96 Å². The van der Waals surface area contributed by atoms with E-state index in [9.17, 15) is 0 Å². The van der Waals surface area contributed by atoms with Gasteiger partial charge < -0.3 is 15.8 Å². The molecule has 0 bridgehead atoms. The first-order valence-electron chi connectivity index (χ1n) is 5.98. The van der Waals surface area contributed by atoms with E-state index < -0.39 is 0 Å². The number of nitrogens with two attached hydrogens (primary N) is 1. The van der Waals surface area contributed by atoms with Gasteiger partial charge >= 0.3 is 0 Å². The lowest BCUT2D eigenvalue weighted by atomic mass is 9.93. The van der Waals surface area contributed by atoms with Crippen molar-refractivity contribution in [3.05, 3.63) is 12.7 Å². The molecular formula is C12H23N3O. The summed E-state index contributed by atoms with van der Waals surface area (Å²) in [6.07, 6.45) is 5.57. The van der Waals surface area contributed by atoms with Gasteiger partial charge in [0.2, 0.25) is 0 Å². The quantitative estimate of drug-likeness (QED) is 0.421. The molecule has 0 aromatic carbocycles. The highest BCUT2D eigenvalue weighted by atomic mass is 16.5. The maximum atomic E-state index is 5.67. The summed E-state index contributed by atoms with van der Waals surface area (Å²) < 4.78 is 5.50. The monoisotopic (exact) mass is 225 g/mol. The van der Waals surface area contributed by atoms with Gasteiger partial charge in [0.25, 0.3) is 0 Å². The van der Waals surface area contributed by atoms with E-state index in [1.165, 1.54) is 0 Å². The minimum atomic E-state index is 0.402. The van der Waals surface area contributed by atoms with Crippen LogP contribution in [0.5, 0.6) is 0 Å². The molecule has 2 unspecified atom stereocenters. The molecule has 0 amide bonds. The molecule has 1 aliphatic heterocycles. The minimum absolute atomic E-state index is 0.402. The smallest absolute Gasteiger partial charge is 0.188 e. The predicted molar refractivity (Wildman–Crippen MR) is 67.4 cm³/mol. The van der Waals surface area contributed by atoms with Crippen molar-refractivity contribution in [1.82, 2.24) is 5.32 Å². The number of guanidine groups is 1. The predicted octanol–water partition coefficient (Wildman–Crippen LogP) is 1.28. The summed E-state index contributed by atoms with van der Waals surface area (Å²) >= 11 is 0. The van der Waals surface area contributed by atoms with E-state index in [0.717, 1.165) is 38.3 Å². The third-order valence-corrected chi connectivity index (χ3v) is 2.84. The standard InChI is InChI=1S/C12H23N3O/c1-3-6-14-12(13)15-7-4-11-5-8-16-10(2)9-11/h3,10-11H,1,4-9H2,2H3,(H3,13,14,15). The van der Waals surface area contributed by atoms with Crippen LogP contribution in [-0.4, -0.2) is 31.8 Å². The van der Waals surface area contributed by atoms with Gasteiger partial charge in [0.15, 0.2) is 5.96 Å². The van der Waals surface area contributed by atoms with Gasteiger partial charge in [-0.3, -0.25) is 4.99 Å². The number of aliphatic imine (C=N–C) groups is 1. The molecule has 1 aliphatic rings. The zero-order valence-electron chi connectivity index (χ0n) is 10.1. The third-order valence-electron chi connectivity index (χ3n) is 2.84. The number of rotatable bonds is 5. The molecule has 0 saturated carbocycles. The van der Waals surface area contributed by atoms with Crippen molar-refractivity contribution in [3.8, 4) is 0 Å². The van der Waals surface area contributed by atoms with E-state index in [0.29, 0.717) is 18.6 Å². The SMILES string of the molecule is C=CCNC(N)=NCCC1CCOC(C)C1. The Morgan fingerprint density at radius 3 is 3.19 bits per heavy atom. The van der Waals surface area contributed by atoms with Crippen LogP contribution >= 0.6 is 0 Å². The molecule has 92 valence electrons. The van der Waals surface area contributed by atoms with Crippen LogP contribution < -0.4 is 11.1 Å². The van der Waals surface area contributed by atoms with E-state index in [1.807, 2.05) is 0 Å². The zero-order chi connectivity index (χ0) is 11.8. The molecule has 16 heavy (non-hydrogen) atoms. The molecule has 0 radical (unpaired) electrons. The first-order valence-corrected chi connectivity index (χ1v) is 5.98. The highest BCUT2D eigenvalue weighted by molar-refractivity contribution is 5.77. The van der Waals surface area contributed by atoms with Gasteiger partial charge in [-0.1, -0.05) is 6.08 Å². The Labute approximate surface area is 98.0 Å². The van der Waals surface area contributed by atoms with Crippen LogP contribution in [0.2, 0.25) is 0 Å². The summed E-state index contributed by atoms with van der Waals surface area (Å²) in [5, 5.41) is 2.96. The lowest BCUT2D eigenvalue weighted by Gasteiger charge is -2.26. The fraction of sp³-hybridized carbons (Fsp3) is 0.750. The average Bonchev–Trinajstić information content (AvgIpc) is 2.26. The number of nitrogens with one attached hydrogen (secondary N) is 1. The Morgan fingerprint density at radius 1 is 1.69 bits per heavy atom. The molecule has 1 saturated heterocycles. The molecule has 3 N–H and O–H groups in total. The summed E-state index contributed by atoms with van der Waals surface area (Å²) in [6, 6.07) is 0. The van der Waals surface area contributed by atoms with E-state index in [-0.39, 0.29) is 0 Å². The van der Waals surface area contributed by atoms with E-state index >= 15 is 0 Å². The van der Waals surface area contributed by atoms with Crippen molar-refractivity contribution in [3.63, 3.8) is 0 Å². The molecule has 1 rings (SSSR count). The second-order valence-corrected chi connectivity index (χ2v) is 4.30. The van der Waals surface area contributed by atoms with Crippen LogP contribution in [-0.2, 0) is 4.74 Å². The Balaban J connectivity index is 2.15. The summed E-state index contributed by atoms with van der Waals surface area (Å²) in [5.74, 6) is 1.25. The molecule has 0 aliphatic carbocycles. The largest absolute Gasteiger partial charge is 0.378 e. The van der Waals surface area contributed by atoms with Crippen LogP contribution in [0.1, 0.15) is 26.2 Å². The Morgan fingerprint density at radius 2 is 2.50 bits per heavy atom. The van der Waals surface area contributed by atoms with E-state index in [4.69, 9.17) is 10.5 Å². The van der Waals surface area contributed by atoms with Gasteiger partial charge in [-0.15, -0.1) is 6.58 Å². The van der Waals surface area contributed by atoms with Gasteiger partial charge in [-0.2, -0.15) is 0 Å². The molecular weight excluding hydrogens is 202 g/mol. The second-order valence-electron chi connectivity index (χ2n) is 4.30. The van der Waals surface area contributed by atoms with Crippen LogP contribution in [0.4, 0.5) is 0 Å². The molecule has 4 heteroatoms. The van der Waals surface area contributed by atoms with Crippen molar-refractivity contribution in [2.45, 2.75) is 32.3 Å². The highest BCUT2D eigenvalue weighted by Gasteiger charge is 2.18. The van der Waals surface area contributed by atoms with E-state index in [2.05, 4.69) is 23.8 Å². The molecule has 0 spiro atoms. The lowest BCUT2D eigenvalue weighted by molar-refractivity contribution is 0.00148. The minimum Gasteiger partial charge on any atom is -0.378 e. The van der Waals surface area contributed by atoms with Gasteiger partial charge in [-0.05, 0) is 32.1 Å². The molecule has 0 aromatic rings. The van der Waals surface area contributed by atoms with Crippen molar-refractivity contribution < 1.29 is 4.74 Å². The first kappa shape index (κ1) is 13.0. The molecule has 0 aromatic heterocycles. The van der Waals surface area contributed by atoms with Crippen LogP contribution in [0.15, 0.2) is 17.6 Å². The summed E-state index contributed by atoms with van der Waals surface area (Å²) in [7, 11) is 0. The topological polar surface area (TPSA) is 59.6 Å². The second kappa shape index (κ2) is 7.28. The van der Waals surface area contributed by atoms with Crippen molar-refractivity contribution in [2.24, 2.45) is 16.6 Å². The Bertz CT molecular complexity index is 240. The van der Waals surface area contributed by atoms with Crippen molar-refractivity contribution in [1.29, 1.82) is 0 Å². The Kier molecular flexibility index (Phi) is 5.93. The Hall–Kier alpha value is -1.03. The fourth-order valence-electron chi connectivity index (χ4n) is 1.95. The molecule has 4 nitrogen and oxygen atoms in total. The molecule has 1 fully saturated rings. The van der Waals surface area contributed by atoms with Gasteiger partial charge in [0, 0.05) is 19.7 Å². The number of hydrogen-bond donors (Lipinski definition) is 2. The third kappa shape index (κ3) is 5.16. The highest BCUT2D eigenvalue weighted by Crippen LogP contribution is 2.22. The van der Waals surface area contributed by atoms with Crippen LogP contribution in [0.3, 0.4) is 0 Å².